The molecule has 1 N–H and O–H groups in total. The van der Waals surface area contributed by atoms with E-state index in [1.807, 2.05) is 18.4 Å². The van der Waals surface area contributed by atoms with Gasteiger partial charge in [-0.05, 0) is 49.6 Å². The number of likely N-dealkylation sites (N-methyl/N-ethyl adjacent to an activating group) is 1. The van der Waals surface area contributed by atoms with Gasteiger partial charge in [0.15, 0.2) is 5.82 Å². The third-order valence-electron chi connectivity index (χ3n) is 7.10. The predicted octanol–water partition coefficient (Wildman–Crippen LogP) is 2.77. The van der Waals surface area contributed by atoms with E-state index < -0.39 is 17.5 Å². The van der Waals surface area contributed by atoms with Crippen LogP contribution in [-0.2, 0) is 6.42 Å². The fourth-order valence-electron chi connectivity index (χ4n) is 4.89. The summed E-state index contributed by atoms with van der Waals surface area (Å²) in [5, 5.41) is 22.0. The quantitative estimate of drug-likeness (QED) is 0.363. The molecule has 0 spiro atoms. The number of fused-ring (bicyclic) bond motifs is 1. The number of aliphatic hydroxyl groups excluding tert-OH is 1. The largest absolute Gasteiger partial charge is 0.395 e. The molecule has 0 saturated carbocycles. The lowest BCUT2D eigenvalue weighted by molar-refractivity contribution is 0.0766. The number of amides is 1. The number of aliphatic hydroxyl groups is 1. The number of piperidine rings is 1. The van der Waals surface area contributed by atoms with Gasteiger partial charge in [-0.2, -0.15) is 4.80 Å². The smallest absolute Gasteiger partial charge is 0.266 e. The molecular weight excluding hydrogens is 508 g/mol. The molecular formula is C26H31F2N9O2. The summed E-state index contributed by atoms with van der Waals surface area (Å²) >= 11 is 0. The first-order valence-corrected chi connectivity index (χ1v) is 13.0. The lowest BCUT2D eigenvalue weighted by Crippen LogP contribution is -2.35. The first-order chi connectivity index (χ1) is 18.8. The molecule has 13 heteroatoms. The molecule has 1 aromatic carbocycles. The number of carbonyl (C=O) groups excluding carboxylic acids is 1. The second-order valence-corrected chi connectivity index (χ2v) is 10.1. The van der Waals surface area contributed by atoms with Crippen molar-refractivity contribution in [1.82, 2.24) is 39.6 Å². The molecule has 1 amide bonds. The predicted molar refractivity (Wildman–Crippen MR) is 139 cm³/mol. The van der Waals surface area contributed by atoms with Gasteiger partial charge in [-0.15, -0.1) is 5.10 Å². The molecule has 4 heterocycles. The van der Waals surface area contributed by atoms with E-state index in [1.54, 1.807) is 4.80 Å². The summed E-state index contributed by atoms with van der Waals surface area (Å²) in [6.07, 6.45) is 4.35. The van der Waals surface area contributed by atoms with Gasteiger partial charge in [0.2, 0.25) is 0 Å². The van der Waals surface area contributed by atoms with E-state index in [4.69, 9.17) is 5.11 Å². The highest BCUT2D eigenvalue weighted by atomic mass is 19.1. The van der Waals surface area contributed by atoms with Crippen molar-refractivity contribution in [3.63, 3.8) is 0 Å². The molecule has 0 atom stereocenters. The Morgan fingerprint density at radius 1 is 1.18 bits per heavy atom. The van der Waals surface area contributed by atoms with Crippen LogP contribution in [0, 0.1) is 11.6 Å². The molecule has 1 fully saturated rings. The van der Waals surface area contributed by atoms with Gasteiger partial charge in [-0.1, -0.05) is 11.2 Å². The van der Waals surface area contributed by atoms with Crippen LogP contribution in [-0.4, -0.2) is 83.9 Å². The standard InChI is InChI=1S/C26H31F2N9O2/c1-16(2)37-32-26(31-33-37)35-8-6-19(7-9-35)36-14-21(28)23-22(29-15-30-24(23)36)13-17-4-5-18(12-20(17)27)25(39)34(3)10-11-38/h4-5,12,14-16,19,38H,6-11,13H2,1-3H3. The zero-order chi connectivity index (χ0) is 27.7. The normalized spacial score (nSPS) is 14.5. The van der Waals surface area contributed by atoms with Crippen molar-refractivity contribution in [2.24, 2.45) is 0 Å². The summed E-state index contributed by atoms with van der Waals surface area (Å²) in [5.41, 5.74) is 1.31. The molecule has 1 aliphatic heterocycles. The topological polar surface area (TPSA) is 118 Å². The van der Waals surface area contributed by atoms with Gasteiger partial charge in [-0.25, -0.2) is 18.7 Å². The first kappa shape index (κ1) is 26.6. The van der Waals surface area contributed by atoms with E-state index in [0.717, 1.165) is 18.9 Å². The summed E-state index contributed by atoms with van der Waals surface area (Å²) in [4.78, 5) is 26.0. The Bertz CT molecular complexity index is 1480. The van der Waals surface area contributed by atoms with Crippen molar-refractivity contribution in [2.45, 2.75) is 45.2 Å². The Hall–Kier alpha value is -4.00. The van der Waals surface area contributed by atoms with E-state index in [1.165, 1.54) is 36.6 Å². The van der Waals surface area contributed by atoms with Gasteiger partial charge >= 0.3 is 0 Å². The van der Waals surface area contributed by atoms with Gasteiger partial charge in [-0.3, -0.25) is 4.79 Å². The maximum Gasteiger partial charge on any atom is 0.266 e. The number of anilines is 1. The van der Waals surface area contributed by atoms with Crippen LogP contribution in [0.25, 0.3) is 11.0 Å². The van der Waals surface area contributed by atoms with Crippen molar-refractivity contribution in [3.8, 4) is 0 Å². The van der Waals surface area contributed by atoms with E-state index in [9.17, 15) is 9.18 Å². The van der Waals surface area contributed by atoms with Crippen LogP contribution < -0.4 is 4.90 Å². The summed E-state index contributed by atoms with van der Waals surface area (Å²) in [7, 11) is 1.54. The molecule has 0 aliphatic carbocycles. The molecule has 11 nitrogen and oxygen atoms in total. The summed E-state index contributed by atoms with van der Waals surface area (Å²) in [6.45, 7) is 5.32. The minimum absolute atomic E-state index is 0.0223. The van der Waals surface area contributed by atoms with Crippen LogP contribution >= 0.6 is 0 Å². The lowest BCUT2D eigenvalue weighted by atomic mass is 10.0. The molecule has 4 aromatic rings. The Kier molecular flexibility index (Phi) is 7.51. The molecule has 0 bridgehead atoms. The minimum Gasteiger partial charge on any atom is -0.395 e. The molecule has 206 valence electrons. The summed E-state index contributed by atoms with van der Waals surface area (Å²) in [6, 6.07) is 4.34. The van der Waals surface area contributed by atoms with E-state index >= 15 is 4.39 Å². The second kappa shape index (κ2) is 11.0. The maximum absolute atomic E-state index is 15.3. The van der Waals surface area contributed by atoms with Crippen LogP contribution in [0.3, 0.4) is 0 Å². The number of hydrogen-bond acceptors (Lipinski definition) is 8. The van der Waals surface area contributed by atoms with Crippen LogP contribution in [0.1, 0.15) is 60.4 Å². The number of hydrogen-bond donors (Lipinski definition) is 1. The van der Waals surface area contributed by atoms with Gasteiger partial charge in [0, 0.05) is 50.9 Å². The minimum atomic E-state index is -0.583. The fourth-order valence-corrected chi connectivity index (χ4v) is 4.89. The molecule has 1 saturated heterocycles. The van der Waals surface area contributed by atoms with Crippen molar-refractivity contribution in [2.75, 3.05) is 38.2 Å². The molecule has 1 aliphatic rings. The number of nitrogens with zero attached hydrogens (tertiary/aromatic N) is 9. The molecule has 0 radical (unpaired) electrons. The highest BCUT2D eigenvalue weighted by Gasteiger charge is 2.27. The zero-order valence-corrected chi connectivity index (χ0v) is 22.1. The lowest BCUT2D eigenvalue weighted by Gasteiger charge is -2.31. The van der Waals surface area contributed by atoms with Crippen molar-refractivity contribution >= 4 is 22.9 Å². The Morgan fingerprint density at radius 3 is 2.62 bits per heavy atom. The van der Waals surface area contributed by atoms with Crippen molar-refractivity contribution in [1.29, 1.82) is 0 Å². The van der Waals surface area contributed by atoms with Gasteiger partial charge in [0.05, 0.1) is 23.7 Å². The van der Waals surface area contributed by atoms with Crippen LogP contribution in [0.4, 0.5) is 14.7 Å². The van der Waals surface area contributed by atoms with Gasteiger partial charge in [0.25, 0.3) is 11.9 Å². The van der Waals surface area contributed by atoms with Crippen LogP contribution in [0.15, 0.2) is 30.7 Å². The average molecular weight is 540 g/mol. The fraction of sp³-hybridized carbons (Fsp3) is 0.462. The van der Waals surface area contributed by atoms with Crippen LogP contribution in [0.2, 0.25) is 0 Å². The van der Waals surface area contributed by atoms with Gasteiger partial charge in [0.1, 0.15) is 17.8 Å². The van der Waals surface area contributed by atoms with Crippen molar-refractivity contribution in [3.05, 3.63) is 59.2 Å². The average Bonchev–Trinajstić information content (AvgIpc) is 3.56. The number of aromatic nitrogens is 7. The highest BCUT2D eigenvalue weighted by molar-refractivity contribution is 5.94. The second-order valence-electron chi connectivity index (χ2n) is 10.1. The molecule has 3 aromatic heterocycles. The van der Waals surface area contributed by atoms with Crippen LogP contribution in [0.5, 0.6) is 0 Å². The third kappa shape index (κ3) is 5.31. The number of benzene rings is 1. The third-order valence-corrected chi connectivity index (χ3v) is 7.10. The highest BCUT2D eigenvalue weighted by Crippen LogP contribution is 2.31. The molecule has 39 heavy (non-hydrogen) atoms. The molecule has 5 rings (SSSR count). The monoisotopic (exact) mass is 539 g/mol. The Labute approximate surface area is 224 Å². The number of rotatable bonds is 8. The number of tetrazole rings is 1. The number of carbonyl (C=O) groups is 1. The summed E-state index contributed by atoms with van der Waals surface area (Å²) in [5.74, 6) is -0.846. The SMILES string of the molecule is CC(C)n1nnc(N2CCC(n3cc(F)c4c(Cc5ccc(C(=O)N(C)CCO)cc5F)ncnc43)CC2)n1. The van der Waals surface area contributed by atoms with Gasteiger partial charge < -0.3 is 19.5 Å². The van der Waals surface area contributed by atoms with E-state index in [2.05, 4.69) is 30.3 Å². The van der Waals surface area contributed by atoms with E-state index in [0.29, 0.717) is 35.9 Å². The molecule has 0 unspecified atom stereocenters. The summed E-state index contributed by atoms with van der Waals surface area (Å²) < 4.78 is 32.1. The zero-order valence-electron chi connectivity index (χ0n) is 22.1. The number of halogens is 2. The Balaban J connectivity index is 1.34. The maximum atomic E-state index is 15.3. The Morgan fingerprint density at radius 2 is 1.95 bits per heavy atom. The van der Waals surface area contributed by atoms with E-state index in [-0.39, 0.29) is 42.6 Å². The van der Waals surface area contributed by atoms with Crippen molar-refractivity contribution < 1.29 is 18.7 Å². The first-order valence-electron chi connectivity index (χ1n) is 13.0.